The van der Waals surface area contributed by atoms with E-state index in [0.717, 1.165) is 12.8 Å². The monoisotopic (exact) mass is 323 g/mol. The number of nitrogens with one attached hydrogen (secondary N) is 2. The maximum absolute atomic E-state index is 11.3. The van der Waals surface area contributed by atoms with E-state index in [1.54, 1.807) is 0 Å². The molecule has 0 aliphatic carbocycles. The molecular weight excluding hydrogens is 309 g/mol. The van der Waals surface area contributed by atoms with E-state index < -0.39 is 0 Å². The summed E-state index contributed by atoms with van der Waals surface area (Å²) < 4.78 is 0.561. The summed E-state index contributed by atoms with van der Waals surface area (Å²) in [6, 6.07) is 0.194. The number of aromatic nitrogens is 2. The van der Waals surface area contributed by atoms with E-state index in [1.807, 2.05) is 29.5 Å². The van der Waals surface area contributed by atoms with Gasteiger partial charge in [0.15, 0.2) is 0 Å². The summed E-state index contributed by atoms with van der Waals surface area (Å²) in [5, 5.41) is 11.8. The SMILES string of the molecule is CC(CCCO)Nc1nc[nH]c(=O)c1I. The predicted octanol–water partition coefficient (Wildman–Crippen LogP) is 0.947. The number of aliphatic hydroxyl groups is 1. The standard InChI is InChI=1S/C9H14IN3O2/c1-6(3-2-4-14)13-8-7(10)9(15)12-5-11-8/h5-6,14H,2-4H2,1H3,(H2,11,12,13,15). The van der Waals surface area contributed by atoms with Crippen molar-refractivity contribution < 1.29 is 5.11 Å². The highest BCUT2D eigenvalue weighted by Crippen LogP contribution is 2.11. The number of nitrogens with zero attached hydrogens (tertiary/aromatic N) is 1. The molecule has 0 saturated heterocycles. The van der Waals surface area contributed by atoms with Gasteiger partial charge in [0, 0.05) is 12.6 Å². The minimum Gasteiger partial charge on any atom is -0.396 e. The van der Waals surface area contributed by atoms with Gasteiger partial charge in [-0.1, -0.05) is 0 Å². The number of rotatable bonds is 5. The van der Waals surface area contributed by atoms with Gasteiger partial charge < -0.3 is 15.4 Å². The topological polar surface area (TPSA) is 78.0 Å². The van der Waals surface area contributed by atoms with Crippen molar-refractivity contribution in [2.75, 3.05) is 11.9 Å². The fourth-order valence-corrected chi connectivity index (χ4v) is 1.64. The molecule has 0 aromatic carbocycles. The van der Waals surface area contributed by atoms with Gasteiger partial charge in [-0.05, 0) is 42.4 Å². The third-order valence-corrected chi connectivity index (χ3v) is 2.98. The Morgan fingerprint density at radius 2 is 2.47 bits per heavy atom. The summed E-state index contributed by atoms with van der Waals surface area (Å²) in [5.74, 6) is 0.602. The van der Waals surface area contributed by atoms with E-state index >= 15 is 0 Å². The van der Waals surface area contributed by atoms with E-state index in [4.69, 9.17) is 5.11 Å². The van der Waals surface area contributed by atoms with E-state index in [1.165, 1.54) is 6.33 Å². The first-order chi connectivity index (χ1) is 7.15. The van der Waals surface area contributed by atoms with Crippen molar-refractivity contribution in [1.82, 2.24) is 9.97 Å². The molecule has 0 saturated carbocycles. The van der Waals surface area contributed by atoms with Crippen molar-refractivity contribution in [3.63, 3.8) is 0 Å². The summed E-state index contributed by atoms with van der Waals surface area (Å²) in [6.07, 6.45) is 2.97. The predicted molar refractivity (Wildman–Crippen MR) is 67.0 cm³/mol. The zero-order valence-corrected chi connectivity index (χ0v) is 10.6. The van der Waals surface area contributed by atoms with Crippen molar-refractivity contribution in [3.8, 4) is 0 Å². The van der Waals surface area contributed by atoms with Gasteiger partial charge in [-0.15, -0.1) is 0 Å². The molecular formula is C9H14IN3O2. The second-order valence-corrected chi connectivity index (χ2v) is 4.38. The Kier molecular flexibility index (Phi) is 5.03. The molecule has 6 heteroatoms. The Hall–Kier alpha value is -0.630. The summed E-state index contributed by atoms with van der Waals surface area (Å²) in [6.45, 7) is 2.18. The fourth-order valence-electron chi connectivity index (χ4n) is 1.19. The maximum Gasteiger partial charge on any atom is 0.266 e. The molecule has 0 bridgehead atoms. The third-order valence-electron chi connectivity index (χ3n) is 1.97. The van der Waals surface area contributed by atoms with Crippen LogP contribution in [0.1, 0.15) is 19.8 Å². The molecule has 0 aliphatic heterocycles. The van der Waals surface area contributed by atoms with E-state index in [9.17, 15) is 4.79 Å². The first-order valence-electron chi connectivity index (χ1n) is 4.75. The zero-order chi connectivity index (χ0) is 11.3. The lowest BCUT2D eigenvalue weighted by Gasteiger charge is -2.14. The van der Waals surface area contributed by atoms with Crippen molar-refractivity contribution in [1.29, 1.82) is 0 Å². The lowest BCUT2D eigenvalue weighted by molar-refractivity contribution is 0.282. The number of aromatic amines is 1. The normalized spacial score (nSPS) is 12.5. The number of hydrogen-bond donors (Lipinski definition) is 3. The summed E-state index contributed by atoms with van der Waals surface area (Å²) >= 11 is 1.96. The Morgan fingerprint density at radius 3 is 3.13 bits per heavy atom. The van der Waals surface area contributed by atoms with Crippen molar-refractivity contribution in [2.45, 2.75) is 25.8 Å². The zero-order valence-electron chi connectivity index (χ0n) is 8.46. The van der Waals surface area contributed by atoms with E-state index in [0.29, 0.717) is 9.39 Å². The number of anilines is 1. The minimum atomic E-state index is -0.137. The van der Waals surface area contributed by atoms with Crippen LogP contribution in [-0.4, -0.2) is 27.7 Å². The molecule has 0 amide bonds. The quantitative estimate of drug-likeness (QED) is 0.705. The van der Waals surface area contributed by atoms with Crippen molar-refractivity contribution in [3.05, 3.63) is 20.3 Å². The molecule has 1 unspecified atom stereocenters. The number of hydrogen-bond acceptors (Lipinski definition) is 4. The van der Waals surface area contributed by atoms with Gasteiger partial charge in [-0.25, -0.2) is 4.98 Å². The second kappa shape index (κ2) is 6.06. The Balaban J connectivity index is 2.64. The number of aliphatic hydroxyl groups excluding tert-OH is 1. The smallest absolute Gasteiger partial charge is 0.266 e. The van der Waals surface area contributed by atoms with Gasteiger partial charge in [-0.3, -0.25) is 4.79 Å². The average molecular weight is 323 g/mol. The van der Waals surface area contributed by atoms with Crippen LogP contribution in [-0.2, 0) is 0 Å². The average Bonchev–Trinajstić information content (AvgIpc) is 2.22. The summed E-state index contributed by atoms with van der Waals surface area (Å²) in [5.41, 5.74) is -0.137. The highest BCUT2D eigenvalue weighted by Gasteiger charge is 2.08. The number of H-pyrrole nitrogens is 1. The van der Waals surface area contributed by atoms with Crippen LogP contribution in [0.4, 0.5) is 5.82 Å². The van der Waals surface area contributed by atoms with Crippen LogP contribution in [0.3, 0.4) is 0 Å². The van der Waals surface area contributed by atoms with Crippen LogP contribution in [0.2, 0.25) is 0 Å². The van der Waals surface area contributed by atoms with Gasteiger partial charge in [-0.2, -0.15) is 0 Å². The molecule has 1 rings (SSSR count). The molecule has 84 valence electrons. The molecule has 5 nitrogen and oxygen atoms in total. The Labute approximate surface area is 101 Å². The van der Waals surface area contributed by atoms with Crippen molar-refractivity contribution >= 4 is 28.4 Å². The minimum absolute atomic E-state index is 0.137. The lowest BCUT2D eigenvalue weighted by atomic mass is 10.2. The fraction of sp³-hybridized carbons (Fsp3) is 0.556. The Bertz CT molecular complexity index is 367. The molecule has 1 aromatic rings. The molecule has 0 spiro atoms. The molecule has 0 aliphatic rings. The number of halogens is 1. The van der Waals surface area contributed by atoms with E-state index in [2.05, 4.69) is 15.3 Å². The highest BCUT2D eigenvalue weighted by atomic mass is 127. The highest BCUT2D eigenvalue weighted by molar-refractivity contribution is 14.1. The van der Waals surface area contributed by atoms with Gasteiger partial charge in [0.05, 0.1) is 6.33 Å². The first kappa shape index (κ1) is 12.4. The second-order valence-electron chi connectivity index (χ2n) is 3.31. The van der Waals surface area contributed by atoms with Gasteiger partial charge in [0.2, 0.25) is 0 Å². The first-order valence-corrected chi connectivity index (χ1v) is 5.83. The largest absolute Gasteiger partial charge is 0.396 e. The lowest BCUT2D eigenvalue weighted by Crippen LogP contribution is -2.21. The summed E-state index contributed by atoms with van der Waals surface area (Å²) in [7, 11) is 0. The van der Waals surface area contributed by atoms with Crippen LogP contribution in [0, 0.1) is 3.57 Å². The van der Waals surface area contributed by atoms with E-state index in [-0.39, 0.29) is 18.2 Å². The molecule has 1 atom stereocenters. The molecule has 1 aromatic heterocycles. The molecule has 0 radical (unpaired) electrons. The van der Waals surface area contributed by atoms with Crippen LogP contribution in [0.5, 0.6) is 0 Å². The van der Waals surface area contributed by atoms with Crippen LogP contribution in [0.25, 0.3) is 0 Å². The van der Waals surface area contributed by atoms with Gasteiger partial charge in [0.1, 0.15) is 9.39 Å². The van der Waals surface area contributed by atoms with Crippen LogP contribution >= 0.6 is 22.6 Å². The Morgan fingerprint density at radius 1 is 1.73 bits per heavy atom. The van der Waals surface area contributed by atoms with Gasteiger partial charge >= 0.3 is 0 Å². The molecule has 3 N–H and O–H groups in total. The van der Waals surface area contributed by atoms with Gasteiger partial charge in [0.25, 0.3) is 5.56 Å². The van der Waals surface area contributed by atoms with Crippen molar-refractivity contribution in [2.24, 2.45) is 0 Å². The molecule has 15 heavy (non-hydrogen) atoms. The third kappa shape index (κ3) is 3.78. The van der Waals surface area contributed by atoms with Crippen LogP contribution < -0.4 is 10.9 Å². The van der Waals surface area contributed by atoms with Crippen LogP contribution in [0.15, 0.2) is 11.1 Å². The summed E-state index contributed by atoms with van der Waals surface area (Å²) in [4.78, 5) is 17.8. The maximum atomic E-state index is 11.3. The molecule has 0 fully saturated rings. The molecule has 1 heterocycles.